The summed E-state index contributed by atoms with van der Waals surface area (Å²) in [5.41, 5.74) is 8.71. The van der Waals surface area contributed by atoms with Gasteiger partial charge in [-0.1, -0.05) is 19.4 Å². The number of fused-ring (bicyclic) bond motifs is 2. The van der Waals surface area contributed by atoms with Gasteiger partial charge >= 0.3 is 0 Å². The molecule has 0 atom stereocenters. The van der Waals surface area contributed by atoms with Gasteiger partial charge in [-0.25, -0.2) is 0 Å². The van der Waals surface area contributed by atoms with E-state index in [0.717, 1.165) is 0 Å². The molecule has 0 bridgehead atoms. The second kappa shape index (κ2) is 4.21. The number of allylic oxidation sites excluding steroid dienone is 2. The van der Waals surface area contributed by atoms with Gasteiger partial charge in [-0.3, -0.25) is 5.32 Å². The van der Waals surface area contributed by atoms with Crippen LogP contribution in [-0.4, -0.2) is 0 Å². The van der Waals surface area contributed by atoms with Crippen molar-refractivity contribution in [2.75, 3.05) is 0 Å². The summed E-state index contributed by atoms with van der Waals surface area (Å²) in [5, 5.41) is 4.80. The number of rotatable bonds is 3. The van der Waals surface area contributed by atoms with Crippen LogP contribution in [0.3, 0.4) is 0 Å². The van der Waals surface area contributed by atoms with Crippen molar-refractivity contribution < 1.29 is 0 Å². The van der Waals surface area contributed by atoms with Gasteiger partial charge in [-0.05, 0) is 61.8 Å². The van der Waals surface area contributed by atoms with Crippen LogP contribution in [0.25, 0.3) is 5.57 Å². The smallest absolute Gasteiger partial charge is 0.0711 e. The quantitative estimate of drug-likeness (QED) is 0.721. The summed E-state index contributed by atoms with van der Waals surface area (Å²) in [6, 6.07) is 4.45. The fourth-order valence-electron chi connectivity index (χ4n) is 3.11. The first-order chi connectivity index (χ1) is 8.31. The first kappa shape index (κ1) is 10.9. The Bertz CT molecular complexity index is 483. The summed E-state index contributed by atoms with van der Waals surface area (Å²) < 4.78 is 0. The van der Waals surface area contributed by atoms with Gasteiger partial charge in [0.15, 0.2) is 0 Å². The maximum atomic E-state index is 4.80. The van der Waals surface area contributed by atoms with Crippen LogP contribution in [0.5, 0.6) is 0 Å². The Morgan fingerprint density at radius 2 is 2.12 bits per heavy atom. The highest BCUT2D eigenvalue weighted by Crippen LogP contribution is 2.46. The molecule has 1 radical (unpaired) electrons. The van der Waals surface area contributed by atoms with E-state index >= 15 is 0 Å². The van der Waals surface area contributed by atoms with Gasteiger partial charge in [0.05, 0.1) is 5.69 Å². The van der Waals surface area contributed by atoms with Crippen LogP contribution in [0, 0.1) is 6.92 Å². The molecule has 1 heterocycles. The van der Waals surface area contributed by atoms with E-state index in [-0.39, 0.29) is 0 Å². The number of unbranched alkanes of at least 4 members (excludes halogenated alkanes) is 1. The fourth-order valence-corrected chi connectivity index (χ4v) is 3.11. The van der Waals surface area contributed by atoms with Crippen LogP contribution in [0.2, 0.25) is 0 Å². The minimum Gasteiger partial charge on any atom is -0.253 e. The molecule has 1 aromatic carbocycles. The lowest BCUT2D eigenvalue weighted by Gasteiger charge is -2.13. The molecular weight excluding hydrogens is 206 g/mol. The Morgan fingerprint density at radius 1 is 1.24 bits per heavy atom. The van der Waals surface area contributed by atoms with Gasteiger partial charge < -0.3 is 0 Å². The highest BCUT2D eigenvalue weighted by molar-refractivity contribution is 5.85. The number of nitrogens with zero attached hydrogens (tertiary/aromatic N) is 1. The Kier molecular flexibility index (Phi) is 2.70. The molecule has 1 aliphatic heterocycles. The van der Waals surface area contributed by atoms with E-state index in [0.29, 0.717) is 0 Å². The van der Waals surface area contributed by atoms with Crippen molar-refractivity contribution in [1.29, 1.82) is 0 Å². The average molecular weight is 226 g/mol. The third kappa shape index (κ3) is 1.69. The lowest BCUT2D eigenvalue weighted by molar-refractivity contribution is 0.787. The SMILES string of the molecule is CCCCc1c(C)ccc2c1C1=C(CCC1)[N]2. The number of benzene rings is 1. The Hall–Kier alpha value is -1.24. The highest BCUT2D eigenvalue weighted by atomic mass is 14.9. The fraction of sp³-hybridized carbons (Fsp3) is 0.500. The van der Waals surface area contributed by atoms with E-state index in [1.54, 1.807) is 11.1 Å². The third-order valence-corrected chi connectivity index (χ3v) is 4.05. The lowest BCUT2D eigenvalue weighted by Crippen LogP contribution is -1.98. The summed E-state index contributed by atoms with van der Waals surface area (Å²) in [5.74, 6) is 0. The molecule has 0 saturated heterocycles. The van der Waals surface area contributed by atoms with Crippen molar-refractivity contribution in [3.05, 3.63) is 34.5 Å². The molecule has 0 unspecified atom stereocenters. The van der Waals surface area contributed by atoms with Gasteiger partial charge in [-0.2, -0.15) is 0 Å². The predicted octanol–water partition coefficient (Wildman–Crippen LogP) is 4.48. The molecule has 0 N–H and O–H groups in total. The first-order valence-corrected chi connectivity index (χ1v) is 6.88. The van der Waals surface area contributed by atoms with Crippen molar-refractivity contribution in [3.63, 3.8) is 0 Å². The number of hydrogen-bond donors (Lipinski definition) is 0. The minimum atomic E-state index is 1.19. The van der Waals surface area contributed by atoms with Gasteiger partial charge in [0.25, 0.3) is 0 Å². The molecule has 89 valence electrons. The summed E-state index contributed by atoms with van der Waals surface area (Å²) in [6.45, 7) is 4.52. The van der Waals surface area contributed by atoms with Gasteiger partial charge in [0.2, 0.25) is 0 Å². The molecule has 1 nitrogen and oxygen atoms in total. The summed E-state index contributed by atoms with van der Waals surface area (Å²) in [6.07, 6.45) is 7.52. The third-order valence-electron chi connectivity index (χ3n) is 4.05. The molecule has 2 aliphatic rings. The largest absolute Gasteiger partial charge is 0.253 e. The van der Waals surface area contributed by atoms with Crippen molar-refractivity contribution in [2.24, 2.45) is 0 Å². The summed E-state index contributed by atoms with van der Waals surface area (Å²) in [7, 11) is 0. The lowest BCUT2D eigenvalue weighted by atomic mass is 9.92. The van der Waals surface area contributed by atoms with Crippen molar-refractivity contribution in [3.8, 4) is 0 Å². The monoisotopic (exact) mass is 226 g/mol. The molecular formula is C16H20N. The minimum absolute atomic E-state index is 1.19. The van der Waals surface area contributed by atoms with Crippen LogP contribution in [0.4, 0.5) is 5.69 Å². The van der Waals surface area contributed by atoms with Crippen LogP contribution < -0.4 is 5.32 Å². The molecule has 1 heteroatoms. The van der Waals surface area contributed by atoms with Crippen LogP contribution in [0.15, 0.2) is 17.8 Å². The first-order valence-electron chi connectivity index (χ1n) is 6.88. The number of hydrogen-bond acceptors (Lipinski definition) is 0. The Balaban J connectivity index is 2.06. The Labute approximate surface area is 104 Å². The van der Waals surface area contributed by atoms with E-state index in [2.05, 4.69) is 26.0 Å². The van der Waals surface area contributed by atoms with Gasteiger partial charge in [0.1, 0.15) is 0 Å². The predicted molar refractivity (Wildman–Crippen MR) is 72.4 cm³/mol. The van der Waals surface area contributed by atoms with E-state index in [1.165, 1.54) is 61.0 Å². The second-order valence-electron chi connectivity index (χ2n) is 5.25. The Morgan fingerprint density at radius 3 is 2.94 bits per heavy atom. The molecule has 0 fully saturated rings. The zero-order valence-electron chi connectivity index (χ0n) is 10.8. The maximum absolute atomic E-state index is 4.80. The van der Waals surface area contributed by atoms with E-state index in [9.17, 15) is 0 Å². The molecule has 0 saturated carbocycles. The van der Waals surface area contributed by atoms with Gasteiger partial charge in [0, 0.05) is 11.3 Å². The normalized spacial score (nSPS) is 17.1. The van der Waals surface area contributed by atoms with Crippen molar-refractivity contribution in [2.45, 2.75) is 52.4 Å². The summed E-state index contributed by atoms with van der Waals surface area (Å²) in [4.78, 5) is 0. The molecule has 17 heavy (non-hydrogen) atoms. The van der Waals surface area contributed by atoms with Crippen LogP contribution in [0.1, 0.15) is 55.7 Å². The van der Waals surface area contributed by atoms with E-state index < -0.39 is 0 Å². The topological polar surface area (TPSA) is 14.1 Å². The van der Waals surface area contributed by atoms with Crippen LogP contribution >= 0.6 is 0 Å². The van der Waals surface area contributed by atoms with Crippen molar-refractivity contribution >= 4 is 11.3 Å². The average Bonchev–Trinajstić information content (AvgIpc) is 2.88. The molecule has 1 aliphatic carbocycles. The van der Waals surface area contributed by atoms with Crippen LogP contribution in [-0.2, 0) is 6.42 Å². The number of aryl methyl sites for hydroxylation is 1. The van der Waals surface area contributed by atoms with E-state index in [4.69, 9.17) is 5.32 Å². The maximum Gasteiger partial charge on any atom is 0.0711 e. The van der Waals surface area contributed by atoms with Crippen molar-refractivity contribution in [1.82, 2.24) is 5.32 Å². The summed E-state index contributed by atoms with van der Waals surface area (Å²) >= 11 is 0. The molecule has 1 aromatic rings. The molecule has 0 amide bonds. The molecule has 3 rings (SSSR count). The zero-order chi connectivity index (χ0) is 11.8. The van der Waals surface area contributed by atoms with E-state index in [1.807, 2.05) is 0 Å². The second-order valence-corrected chi connectivity index (χ2v) is 5.25. The van der Waals surface area contributed by atoms with Gasteiger partial charge in [-0.15, -0.1) is 0 Å². The standard InChI is InChI=1S/C16H20N/c1-3-4-6-12-11(2)9-10-15-16(12)13-7-5-8-14(13)17-15/h9-10H,3-8H2,1-2H3. The molecule has 0 spiro atoms. The molecule has 0 aromatic heterocycles. The highest BCUT2D eigenvalue weighted by Gasteiger charge is 2.28. The zero-order valence-corrected chi connectivity index (χ0v) is 10.8.